The van der Waals surface area contributed by atoms with Gasteiger partial charge in [0.15, 0.2) is 12.4 Å². The van der Waals surface area contributed by atoms with E-state index >= 15 is 0 Å². The predicted octanol–water partition coefficient (Wildman–Crippen LogP) is 2.70. The van der Waals surface area contributed by atoms with Gasteiger partial charge in [0.05, 0.1) is 0 Å². The van der Waals surface area contributed by atoms with Crippen molar-refractivity contribution in [3.8, 4) is 5.75 Å². The molecule has 0 atom stereocenters. The topological polar surface area (TPSA) is 85.5 Å². The third-order valence-electron chi connectivity index (χ3n) is 2.62. The highest BCUT2D eigenvalue weighted by Gasteiger charge is 2.06. The van der Waals surface area contributed by atoms with Crippen LogP contribution in [0.3, 0.4) is 0 Å². The maximum atomic E-state index is 10.5. The molecule has 0 bridgehead atoms. The van der Waals surface area contributed by atoms with Gasteiger partial charge in [-0.1, -0.05) is 24.2 Å². The molecule has 6 heteroatoms. The van der Waals surface area contributed by atoms with Gasteiger partial charge >= 0.3 is 5.97 Å². The minimum atomic E-state index is -0.990. The van der Waals surface area contributed by atoms with E-state index in [1.807, 2.05) is 6.92 Å². The second-order valence-corrected chi connectivity index (χ2v) is 4.39. The molecular formula is C15H16N2O4. The molecule has 0 spiro atoms. The van der Waals surface area contributed by atoms with Crippen molar-refractivity contribution in [2.24, 2.45) is 0 Å². The summed E-state index contributed by atoms with van der Waals surface area (Å²) in [6, 6.07) is 7.09. The Morgan fingerprint density at radius 2 is 2.33 bits per heavy atom. The van der Waals surface area contributed by atoms with E-state index in [4.69, 9.17) is 14.4 Å². The molecule has 21 heavy (non-hydrogen) atoms. The zero-order chi connectivity index (χ0) is 15.1. The first-order chi connectivity index (χ1) is 10.2. The summed E-state index contributed by atoms with van der Waals surface area (Å²) in [6.07, 6.45) is 4.31. The number of carboxylic acid groups (broad SMARTS) is 1. The number of rotatable bonds is 7. The van der Waals surface area contributed by atoms with Crippen LogP contribution >= 0.6 is 0 Å². The highest BCUT2D eigenvalue weighted by atomic mass is 16.5. The van der Waals surface area contributed by atoms with Crippen molar-refractivity contribution in [3.63, 3.8) is 0 Å². The van der Waals surface area contributed by atoms with Crippen molar-refractivity contribution in [2.45, 2.75) is 26.4 Å². The maximum absolute atomic E-state index is 10.5. The normalized spacial score (nSPS) is 10.9. The summed E-state index contributed by atoms with van der Waals surface area (Å²) in [4.78, 5) is 14.7. The van der Waals surface area contributed by atoms with E-state index in [2.05, 4.69) is 10.1 Å². The van der Waals surface area contributed by atoms with Gasteiger partial charge in [-0.15, -0.1) is 0 Å². The molecular weight excluding hydrogens is 272 g/mol. The number of aliphatic carboxylic acids is 1. The monoisotopic (exact) mass is 288 g/mol. The number of hydrogen-bond donors (Lipinski definition) is 1. The number of hydrogen-bond acceptors (Lipinski definition) is 5. The molecule has 1 heterocycles. The van der Waals surface area contributed by atoms with Crippen LogP contribution < -0.4 is 4.74 Å². The third kappa shape index (κ3) is 4.76. The van der Waals surface area contributed by atoms with Gasteiger partial charge in [0, 0.05) is 12.5 Å². The summed E-state index contributed by atoms with van der Waals surface area (Å²) in [7, 11) is 0. The molecule has 1 aromatic heterocycles. The molecule has 0 aliphatic carbocycles. The lowest BCUT2D eigenvalue weighted by Gasteiger charge is -2.03. The lowest BCUT2D eigenvalue weighted by molar-refractivity contribution is -0.131. The van der Waals surface area contributed by atoms with Gasteiger partial charge in [-0.25, -0.2) is 4.79 Å². The van der Waals surface area contributed by atoms with Crippen molar-refractivity contribution >= 4 is 12.0 Å². The van der Waals surface area contributed by atoms with Crippen LogP contribution in [0.4, 0.5) is 0 Å². The Labute approximate surface area is 122 Å². The van der Waals surface area contributed by atoms with Crippen molar-refractivity contribution < 1.29 is 19.2 Å². The number of carboxylic acids is 1. The van der Waals surface area contributed by atoms with E-state index in [1.165, 1.54) is 6.08 Å². The summed E-state index contributed by atoms with van der Waals surface area (Å²) in [5.74, 6) is 0.715. The standard InChI is InChI=1S/C15H16N2O4/c1-2-4-13-16-14(21-17-13)10-20-12-6-3-5-11(9-12)7-8-15(18)19/h3,5-9H,2,4,10H2,1H3,(H,18,19). The van der Waals surface area contributed by atoms with E-state index < -0.39 is 5.97 Å². The molecule has 1 aromatic carbocycles. The number of ether oxygens (including phenoxy) is 1. The molecule has 0 radical (unpaired) electrons. The molecule has 6 nitrogen and oxygen atoms in total. The SMILES string of the molecule is CCCc1noc(COc2cccc(C=CC(=O)O)c2)n1. The van der Waals surface area contributed by atoms with Gasteiger partial charge in [-0.05, 0) is 30.2 Å². The summed E-state index contributed by atoms with van der Waals surface area (Å²) in [5, 5.41) is 12.4. The van der Waals surface area contributed by atoms with Crippen LogP contribution in [0.2, 0.25) is 0 Å². The maximum Gasteiger partial charge on any atom is 0.328 e. The minimum Gasteiger partial charge on any atom is -0.484 e. The second-order valence-electron chi connectivity index (χ2n) is 4.39. The zero-order valence-corrected chi connectivity index (χ0v) is 11.7. The van der Waals surface area contributed by atoms with Crippen LogP contribution in [0.25, 0.3) is 6.08 Å². The molecule has 0 fully saturated rings. The molecule has 0 aliphatic rings. The molecule has 0 amide bonds. The smallest absolute Gasteiger partial charge is 0.328 e. The number of aryl methyl sites for hydroxylation is 1. The van der Waals surface area contributed by atoms with Gasteiger partial charge in [-0.3, -0.25) is 0 Å². The lowest BCUT2D eigenvalue weighted by Crippen LogP contribution is -1.96. The Kier molecular flexibility index (Phi) is 5.09. The summed E-state index contributed by atoms with van der Waals surface area (Å²) in [6.45, 7) is 2.23. The first-order valence-corrected chi connectivity index (χ1v) is 6.62. The van der Waals surface area contributed by atoms with Crippen LogP contribution in [-0.2, 0) is 17.8 Å². The molecule has 0 unspecified atom stereocenters. The first kappa shape index (κ1) is 14.8. The fourth-order valence-corrected chi connectivity index (χ4v) is 1.69. The highest BCUT2D eigenvalue weighted by molar-refractivity contribution is 5.85. The second kappa shape index (κ2) is 7.23. The quantitative estimate of drug-likeness (QED) is 0.788. The Balaban J connectivity index is 1.96. The van der Waals surface area contributed by atoms with E-state index in [9.17, 15) is 4.79 Å². The molecule has 0 saturated carbocycles. The molecule has 110 valence electrons. The van der Waals surface area contributed by atoms with E-state index in [0.29, 0.717) is 17.5 Å². The predicted molar refractivity (Wildman–Crippen MR) is 75.7 cm³/mol. The van der Waals surface area contributed by atoms with Crippen LogP contribution in [0.15, 0.2) is 34.9 Å². The molecule has 0 saturated heterocycles. The van der Waals surface area contributed by atoms with E-state index in [-0.39, 0.29) is 6.61 Å². The largest absolute Gasteiger partial charge is 0.484 e. The number of carbonyl (C=O) groups is 1. The van der Waals surface area contributed by atoms with Gasteiger partial charge < -0.3 is 14.4 Å². The average Bonchev–Trinajstić information content (AvgIpc) is 2.92. The lowest BCUT2D eigenvalue weighted by atomic mass is 10.2. The van der Waals surface area contributed by atoms with Gasteiger partial charge in [0.2, 0.25) is 0 Å². The average molecular weight is 288 g/mol. The fraction of sp³-hybridized carbons (Fsp3) is 0.267. The molecule has 2 rings (SSSR count). The minimum absolute atomic E-state index is 0.183. The van der Waals surface area contributed by atoms with Crippen LogP contribution in [0.5, 0.6) is 5.75 Å². The van der Waals surface area contributed by atoms with Crippen LogP contribution in [0.1, 0.15) is 30.6 Å². The number of aromatic nitrogens is 2. The van der Waals surface area contributed by atoms with Crippen LogP contribution in [-0.4, -0.2) is 21.2 Å². The summed E-state index contributed by atoms with van der Waals surface area (Å²) >= 11 is 0. The Morgan fingerprint density at radius 3 is 3.10 bits per heavy atom. The van der Waals surface area contributed by atoms with Crippen LogP contribution in [0, 0.1) is 0 Å². The number of benzene rings is 1. The van der Waals surface area contributed by atoms with Gasteiger partial charge in [-0.2, -0.15) is 4.98 Å². The third-order valence-corrected chi connectivity index (χ3v) is 2.62. The van der Waals surface area contributed by atoms with Crippen molar-refractivity contribution in [1.29, 1.82) is 0 Å². The Hall–Kier alpha value is -2.63. The van der Waals surface area contributed by atoms with Gasteiger partial charge in [0.25, 0.3) is 5.89 Å². The summed E-state index contributed by atoms with van der Waals surface area (Å²) < 4.78 is 10.6. The molecule has 0 aliphatic heterocycles. The van der Waals surface area contributed by atoms with Crippen molar-refractivity contribution in [3.05, 3.63) is 47.6 Å². The van der Waals surface area contributed by atoms with Gasteiger partial charge in [0.1, 0.15) is 5.75 Å². The van der Waals surface area contributed by atoms with E-state index in [1.54, 1.807) is 24.3 Å². The molecule has 1 N–H and O–H groups in total. The summed E-state index contributed by atoms with van der Waals surface area (Å²) in [5.41, 5.74) is 0.743. The highest BCUT2D eigenvalue weighted by Crippen LogP contribution is 2.16. The Bertz CT molecular complexity index is 634. The molecule has 2 aromatic rings. The fourth-order valence-electron chi connectivity index (χ4n) is 1.69. The van der Waals surface area contributed by atoms with E-state index in [0.717, 1.165) is 24.5 Å². The van der Waals surface area contributed by atoms with Crippen molar-refractivity contribution in [1.82, 2.24) is 10.1 Å². The first-order valence-electron chi connectivity index (χ1n) is 6.62. The Morgan fingerprint density at radius 1 is 1.48 bits per heavy atom. The van der Waals surface area contributed by atoms with Crippen molar-refractivity contribution in [2.75, 3.05) is 0 Å². The number of nitrogens with zero attached hydrogens (tertiary/aromatic N) is 2. The zero-order valence-electron chi connectivity index (χ0n) is 11.7.